The second-order valence-electron chi connectivity index (χ2n) is 8.06. The van der Waals surface area contributed by atoms with E-state index in [1.807, 2.05) is 18.2 Å². The molecule has 0 unspecified atom stereocenters. The van der Waals surface area contributed by atoms with Crippen LogP contribution in [0.5, 0.6) is 0 Å². The number of aromatic nitrogens is 3. The number of carbonyl (C=O) groups excluding carboxylic acids is 1. The number of nitrogens with zero attached hydrogens (tertiary/aromatic N) is 3. The summed E-state index contributed by atoms with van der Waals surface area (Å²) < 4.78 is 33.7. The Morgan fingerprint density at radius 1 is 1.19 bits per heavy atom. The first-order valence-corrected chi connectivity index (χ1v) is 12.2. The molecule has 0 aromatic heterocycles. The maximum Gasteiger partial charge on any atom is 0.341 e. The second-order valence-corrected chi connectivity index (χ2v) is 10.2. The number of benzene rings is 1. The molecule has 3 aliphatic heterocycles. The highest BCUT2D eigenvalue weighted by Crippen LogP contribution is 2.24. The van der Waals surface area contributed by atoms with E-state index in [0.29, 0.717) is 19.0 Å². The number of aromatic amines is 1. The number of methoxy groups -OCH3 is 1. The molecule has 170 valence electrons. The number of rotatable bonds is 7. The number of esters is 1. The van der Waals surface area contributed by atoms with E-state index in [9.17, 15) is 18.0 Å². The Labute approximate surface area is 186 Å². The van der Waals surface area contributed by atoms with Crippen LogP contribution in [0.1, 0.15) is 28.8 Å². The highest BCUT2D eigenvalue weighted by molar-refractivity contribution is 7.89. The molecule has 0 aliphatic carbocycles. The summed E-state index contributed by atoms with van der Waals surface area (Å²) in [5.41, 5.74) is 1.37. The number of pyridine rings is 1. The van der Waals surface area contributed by atoms with Crippen molar-refractivity contribution in [3.63, 3.8) is 0 Å². The van der Waals surface area contributed by atoms with Crippen LogP contribution in [0.3, 0.4) is 0 Å². The number of carbonyl (C=O) groups is 1. The van der Waals surface area contributed by atoms with Crippen LogP contribution in [0, 0.1) is 5.92 Å². The van der Waals surface area contributed by atoms with Gasteiger partial charge in [-0.05, 0) is 30.7 Å². The maximum atomic E-state index is 12.9. The lowest BCUT2D eigenvalue weighted by Crippen LogP contribution is -2.40. The van der Waals surface area contributed by atoms with E-state index in [2.05, 4.69) is 22.3 Å². The largest absolute Gasteiger partial charge is 0.465 e. The number of nitrogens with one attached hydrogen (secondary N) is 1. The fourth-order valence-electron chi connectivity index (χ4n) is 4.17. The Hall–Kier alpha value is -2.98. The van der Waals surface area contributed by atoms with Gasteiger partial charge in [-0.3, -0.25) is 4.79 Å². The summed E-state index contributed by atoms with van der Waals surface area (Å²) in [5.74, 6) is -0.293. The fraction of sp³-hybridized carbons (Fsp3) is 0.409. The van der Waals surface area contributed by atoms with Crippen molar-refractivity contribution >= 4 is 16.0 Å². The van der Waals surface area contributed by atoms with Gasteiger partial charge in [0, 0.05) is 32.0 Å². The summed E-state index contributed by atoms with van der Waals surface area (Å²) >= 11 is 0. The van der Waals surface area contributed by atoms with Crippen LogP contribution in [0.15, 0.2) is 47.5 Å². The molecule has 1 aromatic carbocycles. The van der Waals surface area contributed by atoms with E-state index in [-0.39, 0.29) is 29.1 Å². The Kier molecular flexibility index (Phi) is 6.43. The van der Waals surface area contributed by atoms with Crippen molar-refractivity contribution in [2.45, 2.75) is 25.8 Å². The normalized spacial score (nSPS) is 15.8. The molecule has 4 rings (SSSR count). The number of aryl methyl sites for hydroxylation is 1. The van der Waals surface area contributed by atoms with E-state index in [4.69, 9.17) is 4.74 Å². The van der Waals surface area contributed by atoms with Crippen molar-refractivity contribution in [3.05, 3.63) is 64.2 Å². The lowest BCUT2D eigenvalue weighted by atomic mass is 9.91. The molecule has 1 saturated heterocycles. The fourth-order valence-corrected chi connectivity index (χ4v) is 5.63. The third-order valence-electron chi connectivity index (χ3n) is 5.96. The molecule has 3 aliphatic rings. The minimum Gasteiger partial charge on any atom is -0.465 e. The second kappa shape index (κ2) is 9.25. The van der Waals surface area contributed by atoms with Crippen LogP contribution in [-0.4, -0.2) is 59.4 Å². The van der Waals surface area contributed by atoms with Crippen molar-refractivity contribution in [2.75, 3.05) is 26.0 Å². The Bertz CT molecular complexity index is 1210. The average molecular weight is 459 g/mol. The summed E-state index contributed by atoms with van der Waals surface area (Å²) in [5, 5.41) is 6.18. The number of sulfonamides is 1. The van der Waals surface area contributed by atoms with E-state index in [0.717, 1.165) is 19.3 Å². The van der Waals surface area contributed by atoms with E-state index >= 15 is 0 Å². The number of piperidine rings is 1. The first kappa shape index (κ1) is 22.2. The molecule has 0 spiro atoms. The molecular weight excluding hydrogens is 432 g/mol. The molecule has 0 radical (unpaired) electrons. The summed E-state index contributed by atoms with van der Waals surface area (Å²) in [6.45, 7) is 1.11. The van der Waals surface area contributed by atoms with Gasteiger partial charge in [-0.25, -0.2) is 22.6 Å². The van der Waals surface area contributed by atoms with Gasteiger partial charge in [-0.15, -0.1) is 0 Å². The van der Waals surface area contributed by atoms with E-state index < -0.39 is 21.6 Å². The van der Waals surface area contributed by atoms with Crippen LogP contribution in [0.25, 0.3) is 11.3 Å². The first-order valence-electron chi connectivity index (χ1n) is 10.6. The highest BCUT2D eigenvalue weighted by atomic mass is 32.2. The maximum absolute atomic E-state index is 12.9. The molecule has 0 atom stereocenters. The number of hydrogen-bond donors (Lipinski definition) is 1. The molecule has 3 heterocycles. The lowest BCUT2D eigenvalue weighted by Gasteiger charge is -2.31. The van der Waals surface area contributed by atoms with Gasteiger partial charge in [0.1, 0.15) is 11.3 Å². The Balaban J connectivity index is 1.41. The predicted molar refractivity (Wildman–Crippen MR) is 119 cm³/mol. The molecule has 1 aromatic rings. The molecule has 32 heavy (non-hydrogen) atoms. The summed E-state index contributed by atoms with van der Waals surface area (Å²) in [6.07, 6.45) is 5.59. The van der Waals surface area contributed by atoms with Gasteiger partial charge in [0.15, 0.2) is 0 Å². The highest BCUT2D eigenvalue weighted by Gasteiger charge is 2.28. The molecule has 9 nitrogen and oxygen atoms in total. The molecule has 0 bridgehead atoms. The van der Waals surface area contributed by atoms with Crippen molar-refractivity contribution in [3.8, 4) is 11.3 Å². The summed E-state index contributed by atoms with van der Waals surface area (Å²) in [6, 6.07) is 10.2. The zero-order valence-electron chi connectivity index (χ0n) is 17.9. The van der Waals surface area contributed by atoms with Gasteiger partial charge < -0.3 is 9.30 Å². The number of hydrogen-bond acceptors (Lipinski definition) is 6. The quantitative estimate of drug-likeness (QED) is 0.540. The molecule has 10 heteroatoms. The smallest absolute Gasteiger partial charge is 0.341 e. The Morgan fingerprint density at radius 3 is 2.59 bits per heavy atom. The zero-order valence-corrected chi connectivity index (χ0v) is 18.7. The number of H-pyrrole nitrogens is 1. The van der Waals surface area contributed by atoms with E-state index in [1.54, 1.807) is 4.31 Å². The van der Waals surface area contributed by atoms with Gasteiger partial charge in [-0.1, -0.05) is 30.3 Å². The topological polar surface area (TPSA) is 114 Å². The lowest BCUT2D eigenvalue weighted by molar-refractivity contribution is 0.0600. The monoisotopic (exact) mass is 458 g/mol. The minimum absolute atomic E-state index is 0.108. The number of fused-ring (bicyclic) bond motifs is 1. The van der Waals surface area contributed by atoms with Crippen LogP contribution < -0.4 is 5.56 Å². The molecule has 1 fully saturated rings. The van der Waals surface area contributed by atoms with Crippen LogP contribution >= 0.6 is 0 Å². The van der Waals surface area contributed by atoms with Crippen LogP contribution in [0.4, 0.5) is 0 Å². The first-order chi connectivity index (χ1) is 15.4. The van der Waals surface area contributed by atoms with Crippen LogP contribution in [0.2, 0.25) is 0 Å². The third-order valence-corrected chi connectivity index (χ3v) is 7.81. The SMILES string of the molecule is COC(=O)c1cn(CCS(=O)(=O)N2CCC(Cc3ccccc3)CC2)cc2c(=O)[nH]nc1-2. The van der Waals surface area contributed by atoms with E-state index in [1.165, 1.54) is 29.6 Å². The zero-order chi connectivity index (χ0) is 22.7. The molecule has 0 saturated carbocycles. The molecule has 0 amide bonds. The van der Waals surface area contributed by atoms with Gasteiger partial charge in [-0.2, -0.15) is 5.10 Å². The average Bonchev–Trinajstić information content (AvgIpc) is 3.18. The van der Waals surface area contributed by atoms with Gasteiger partial charge in [0.2, 0.25) is 10.0 Å². The van der Waals surface area contributed by atoms with Crippen molar-refractivity contribution in [2.24, 2.45) is 5.92 Å². The van der Waals surface area contributed by atoms with Crippen molar-refractivity contribution < 1.29 is 17.9 Å². The van der Waals surface area contributed by atoms with Gasteiger partial charge in [0.25, 0.3) is 5.56 Å². The Morgan fingerprint density at radius 2 is 1.91 bits per heavy atom. The minimum atomic E-state index is -3.47. The summed E-state index contributed by atoms with van der Waals surface area (Å²) in [7, 11) is -2.23. The van der Waals surface area contributed by atoms with Crippen molar-refractivity contribution in [1.82, 2.24) is 19.1 Å². The third kappa shape index (κ3) is 4.76. The summed E-state index contributed by atoms with van der Waals surface area (Å²) in [4.78, 5) is 24.1. The standard InChI is InChI=1S/C22H26N4O5S/c1-31-22(28)19-15-25(14-18-20(19)23-24-21(18)27)11-12-32(29,30)26-9-7-17(8-10-26)13-16-5-3-2-4-6-16/h2-6,14-15,17H,7-13H2,1H3,(H,24,27). The molecular formula is C22H26N4O5S. The van der Waals surface area contributed by atoms with Crippen LogP contribution in [-0.2, 0) is 27.7 Å². The van der Waals surface area contributed by atoms with Gasteiger partial charge >= 0.3 is 5.97 Å². The van der Waals surface area contributed by atoms with Gasteiger partial charge in [0.05, 0.1) is 18.4 Å². The number of ether oxygens (including phenoxy) is 1. The molecule has 1 N–H and O–H groups in total. The van der Waals surface area contributed by atoms with Crippen molar-refractivity contribution in [1.29, 1.82) is 0 Å². The predicted octanol–water partition coefficient (Wildman–Crippen LogP) is 1.75.